The van der Waals surface area contributed by atoms with Crippen molar-refractivity contribution in [2.24, 2.45) is 0 Å². The van der Waals surface area contributed by atoms with E-state index in [1.54, 1.807) is 30.5 Å². The minimum atomic E-state index is -5.32. The summed E-state index contributed by atoms with van der Waals surface area (Å²) in [5.74, 6) is -4.16. The molecule has 0 saturated carbocycles. The summed E-state index contributed by atoms with van der Waals surface area (Å²) in [6, 6.07) is 22.4. The topological polar surface area (TPSA) is 90.4 Å². The van der Waals surface area contributed by atoms with Crippen molar-refractivity contribution in [2.45, 2.75) is 25.1 Å². The lowest BCUT2D eigenvalue weighted by molar-refractivity contribution is -0.201. The number of carbonyl (C=O) groups is 2. The first-order valence-electron chi connectivity index (χ1n) is 11.6. The van der Waals surface area contributed by atoms with E-state index in [9.17, 15) is 27.2 Å². The van der Waals surface area contributed by atoms with E-state index in [2.05, 4.69) is 20.0 Å². The summed E-state index contributed by atoms with van der Waals surface area (Å²) in [6.07, 6.45) is -4.29. The number of carbonyl (C=O) groups excluding carboxylic acids is 2. The van der Waals surface area contributed by atoms with Crippen LogP contribution in [0.1, 0.15) is 29.2 Å². The molecule has 0 fully saturated rings. The lowest BCUT2D eigenvalue weighted by Crippen LogP contribution is -2.28. The highest BCUT2D eigenvalue weighted by atomic mass is 19.4. The molecule has 0 saturated heterocycles. The molecule has 39 heavy (non-hydrogen) atoms. The Bertz CT molecular complexity index is 1410. The number of alkyl halides is 3. The Morgan fingerprint density at radius 3 is 2.31 bits per heavy atom. The van der Waals surface area contributed by atoms with Crippen molar-refractivity contribution in [1.82, 2.24) is 9.97 Å². The molecule has 200 valence electrons. The number of esters is 2. The molecule has 2 aromatic carbocycles. The van der Waals surface area contributed by atoms with Crippen molar-refractivity contribution in [1.29, 1.82) is 0 Å². The standard InChI is InChI=1S/C28H21F4N3O4/c29-20-11-9-19(10-12-20)22(16-26(36)39-27(37)28(30,31)32)23-4-3-6-25(35-23)38-21-13-7-18(8-14-21)17-34-24-5-1-2-15-33-24/h1-15,22H,16-17H2,(H,33,34). The quantitative estimate of drug-likeness (QED) is 0.154. The Balaban J connectivity index is 1.48. The first-order valence-corrected chi connectivity index (χ1v) is 11.6. The number of nitrogens with zero attached hydrogens (tertiary/aromatic N) is 2. The molecule has 2 heterocycles. The van der Waals surface area contributed by atoms with Crippen LogP contribution < -0.4 is 10.1 Å². The molecule has 2 aromatic heterocycles. The summed E-state index contributed by atoms with van der Waals surface area (Å²) < 4.78 is 60.9. The predicted molar refractivity (Wildman–Crippen MR) is 132 cm³/mol. The number of anilines is 1. The third-order valence-electron chi connectivity index (χ3n) is 5.47. The van der Waals surface area contributed by atoms with E-state index >= 15 is 0 Å². The van der Waals surface area contributed by atoms with Gasteiger partial charge in [-0.2, -0.15) is 13.2 Å². The third kappa shape index (κ3) is 7.84. The highest BCUT2D eigenvalue weighted by molar-refractivity contribution is 5.88. The Labute approximate surface area is 220 Å². The monoisotopic (exact) mass is 539 g/mol. The number of nitrogens with one attached hydrogen (secondary N) is 1. The van der Waals surface area contributed by atoms with Crippen LogP contribution in [0, 0.1) is 5.82 Å². The highest BCUT2D eigenvalue weighted by Crippen LogP contribution is 2.30. The van der Waals surface area contributed by atoms with Gasteiger partial charge in [-0.3, -0.25) is 4.79 Å². The fraction of sp³-hybridized carbons (Fsp3) is 0.143. The van der Waals surface area contributed by atoms with E-state index in [0.29, 0.717) is 17.9 Å². The van der Waals surface area contributed by atoms with Gasteiger partial charge >= 0.3 is 18.1 Å². The number of halogens is 4. The van der Waals surface area contributed by atoms with E-state index in [4.69, 9.17) is 4.74 Å². The Kier molecular flexibility index (Phi) is 8.50. The second-order valence-corrected chi connectivity index (χ2v) is 8.28. The predicted octanol–water partition coefficient (Wildman–Crippen LogP) is 6.17. The number of ether oxygens (including phenoxy) is 2. The van der Waals surface area contributed by atoms with Gasteiger partial charge in [-0.1, -0.05) is 36.4 Å². The molecule has 0 aliphatic rings. The van der Waals surface area contributed by atoms with Crippen LogP contribution in [-0.4, -0.2) is 28.1 Å². The molecule has 1 atom stereocenters. The van der Waals surface area contributed by atoms with E-state index in [0.717, 1.165) is 23.5 Å². The number of hydrogen-bond acceptors (Lipinski definition) is 7. The van der Waals surface area contributed by atoms with Gasteiger partial charge in [-0.25, -0.2) is 19.2 Å². The normalized spacial score (nSPS) is 11.9. The zero-order valence-corrected chi connectivity index (χ0v) is 20.2. The average molecular weight is 539 g/mol. The average Bonchev–Trinajstić information content (AvgIpc) is 2.92. The molecular formula is C28H21F4N3O4. The van der Waals surface area contributed by atoms with Gasteiger partial charge in [-0.05, 0) is 53.6 Å². The molecule has 0 spiro atoms. The van der Waals surface area contributed by atoms with Gasteiger partial charge < -0.3 is 14.8 Å². The second kappa shape index (κ2) is 12.2. The minimum Gasteiger partial charge on any atom is -0.439 e. The summed E-state index contributed by atoms with van der Waals surface area (Å²) in [5, 5.41) is 3.20. The van der Waals surface area contributed by atoms with E-state index < -0.39 is 36.3 Å². The Morgan fingerprint density at radius 1 is 0.897 bits per heavy atom. The summed E-state index contributed by atoms with van der Waals surface area (Å²) in [7, 11) is 0. The maximum atomic E-state index is 13.5. The largest absolute Gasteiger partial charge is 0.491 e. The third-order valence-corrected chi connectivity index (χ3v) is 5.47. The number of rotatable bonds is 9. The fourth-order valence-electron chi connectivity index (χ4n) is 3.60. The van der Waals surface area contributed by atoms with Gasteiger partial charge in [0.1, 0.15) is 17.4 Å². The van der Waals surface area contributed by atoms with Crippen LogP contribution in [-0.2, 0) is 20.9 Å². The van der Waals surface area contributed by atoms with Crippen molar-refractivity contribution in [3.05, 3.63) is 114 Å². The molecule has 0 amide bonds. The van der Waals surface area contributed by atoms with Crippen LogP contribution in [0.5, 0.6) is 11.6 Å². The molecule has 0 aliphatic heterocycles. The fourth-order valence-corrected chi connectivity index (χ4v) is 3.60. The molecule has 0 radical (unpaired) electrons. The van der Waals surface area contributed by atoms with Gasteiger partial charge in [0.25, 0.3) is 0 Å². The number of hydrogen-bond donors (Lipinski definition) is 1. The molecule has 0 aliphatic carbocycles. The van der Waals surface area contributed by atoms with E-state index in [1.807, 2.05) is 30.3 Å². The lowest BCUT2D eigenvalue weighted by Gasteiger charge is -2.17. The Hall–Kier alpha value is -4.80. The first kappa shape index (κ1) is 27.2. The Morgan fingerprint density at radius 2 is 1.64 bits per heavy atom. The van der Waals surface area contributed by atoms with Crippen molar-refractivity contribution in [3.8, 4) is 11.6 Å². The zero-order chi connectivity index (χ0) is 27.8. The van der Waals surface area contributed by atoms with Crippen molar-refractivity contribution in [3.63, 3.8) is 0 Å². The number of pyridine rings is 2. The van der Waals surface area contributed by atoms with Crippen molar-refractivity contribution >= 4 is 17.8 Å². The SMILES string of the molecule is O=C(CC(c1ccc(F)cc1)c1cccc(Oc2ccc(CNc3ccccn3)cc2)n1)OC(=O)C(F)(F)F. The maximum Gasteiger partial charge on any atom is 0.491 e. The van der Waals surface area contributed by atoms with Crippen LogP contribution in [0.3, 0.4) is 0 Å². The van der Waals surface area contributed by atoms with Crippen LogP contribution >= 0.6 is 0 Å². The van der Waals surface area contributed by atoms with Crippen LogP contribution in [0.25, 0.3) is 0 Å². The van der Waals surface area contributed by atoms with E-state index in [-0.39, 0.29) is 11.6 Å². The van der Waals surface area contributed by atoms with Crippen LogP contribution in [0.2, 0.25) is 0 Å². The van der Waals surface area contributed by atoms with E-state index in [1.165, 1.54) is 18.2 Å². The van der Waals surface area contributed by atoms with Gasteiger partial charge in [0.2, 0.25) is 5.88 Å². The van der Waals surface area contributed by atoms with Crippen LogP contribution in [0.4, 0.5) is 23.4 Å². The first-order chi connectivity index (χ1) is 18.7. The smallest absolute Gasteiger partial charge is 0.439 e. The van der Waals surface area contributed by atoms with Crippen molar-refractivity contribution < 1.29 is 36.6 Å². The highest BCUT2D eigenvalue weighted by Gasteiger charge is 2.42. The molecule has 1 N–H and O–H groups in total. The van der Waals surface area contributed by atoms with Gasteiger partial charge in [0.15, 0.2) is 0 Å². The molecule has 11 heteroatoms. The van der Waals surface area contributed by atoms with Gasteiger partial charge in [0.05, 0.1) is 12.1 Å². The van der Waals surface area contributed by atoms with Gasteiger partial charge in [-0.15, -0.1) is 0 Å². The molecular weight excluding hydrogens is 518 g/mol. The maximum absolute atomic E-state index is 13.5. The molecule has 0 bridgehead atoms. The molecule has 1 unspecified atom stereocenters. The van der Waals surface area contributed by atoms with Crippen molar-refractivity contribution in [2.75, 3.05) is 5.32 Å². The molecule has 4 rings (SSSR count). The lowest BCUT2D eigenvalue weighted by atomic mass is 9.92. The summed E-state index contributed by atoms with van der Waals surface area (Å²) >= 11 is 0. The minimum absolute atomic E-state index is 0.152. The number of aromatic nitrogens is 2. The summed E-state index contributed by atoms with van der Waals surface area (Å²) in [5.41, 5.74) is 1.59. The summed E-state index contributed by atoms with van der Waals surface area (Å²) in [4.78, 5) is 31.9. The summed E-state index contributed by atoms with van der Waals surface area (Å²) in [6.45, 7) is 0.539. The molecule has 4 aromatic rings. The zero-order valence-electron chi connectivity index (χ0n) is 20.2. The molecule has 7 nitrogen and oxygen atoms in total. The van der Waals surface area contributed by atoms with Gasteiger partial charge in [0, 0.05) is 24.7 Å². The number of benzene rings is 2. The van der Waals surface area contributed by atoms with Crippen LogP contribution in [0.15, 0.2) is 91.1 Å². The second-order valence-electron chi connectivity index (χ2n) is 8.28.